The number of benzene rings is 3. The molecule has 4 rings (SSSR count). The van der Waals surface area contributed by atoms with Crippen LogP contribution in [-0.4, -0.2) is 18.0 Å². The molecule has 0 saturated heterocycles. The largest absolute Gasteiger partial charge is 0.573 e. The molecule has 0 saturated carbocycles. The van der Waals surface area contributed by atoms with E-state index >= 15 is 4.39 Å². The summed E-state index contributed by atoms with van der Waals surface area (Å²) in [6.07, 6.45) is 1.10. The predicted molar refractivity (Wildman–Crippen MR) is 132 cm³/mol. The highest BCUT2D eigenvalue weighted by Crippen LogP contribution is 2.26. The van der Waals surface area contributed by atoms with E-state index in [0.717, 1.165) is 35.0 Å². The number of hydrogen-bond acceptors (Lipinski definition) is 3. The quantitative estimate of drug-likeness (QED) is 0.170. The molecule has 186 valence electrons. The fourth-order valence-electron chi connectivity index (χ4n) is 3.94. The number of fused-ring (bicyclic) bond motifs is 1. The van der Waals surface area contributed by atoms with Crippen molar-refractivity contribution in [2.45, 2.75) is 32.0 Å². The number of halogens is 4. The van der Waals surface area contributed by atoms with Crippen LogP contribution in [0, 0.1) is 5.82 Å². The van der Waals surface area contributed by atoms with Crippen molar-refractivity contribution in [3.05, 3.63) is 114 Å². The Labute approximate surface area is 207 Å². The molecular weight excluding hydrogens is 470 g/mol. The van der Waals surface area contributed by atoms with Gasteiger partial charge in [-0.3, -0.25) is 4.98 Å². The molecule has 1 aromatic heterocycles. The molecule has 0 aliphatic heterocycles. The van der Waals surface area contributed by atoms with E-state index in [4.69, 9.17) is 4.74 Å². The summed E-state index contributed by atoms with van der Waals surface area (Å²) in [5, 5.41) is 1.37. The highest BCUT2D eigenvalue weighted by Gasteiger charge is 2.30. The molecule has 0 bridgehead atoms. The van der Waals surface area contributed by atoms with E-state index in [-0.39, 0.29) is 11.6 Å². The van der Waals surface area contributed by atoms with Crippen molar-refractivity contribution in [1.29, 1.82) is 0 Å². The molecule has 0 unspecified atom stereocenters. The zero-order chi connectivity index (χ0) is 25.5. The Balaban J connectivity index is 1.37. The maximum atomic E-state index is 15.2. The van der Waals surface area contributed by atoms with Crippen molar-refractivity contribution < 1.29 is 27.0 Å². The van der Waals surface area contributed by atoms with Gasteiger partial charge < -0.3 is 9.47 Å². The fourth-order valence-corrected chi connectivity index (χ4v) is 3.94. The van der Waals surface area contributed by atoms with Crippen LogP contribution in [0.4, 0.5) is 17.6 Å². The van der Waals surface area contributed by atoms with Crippen LogP contribution in [0.25, 0.3) is 10.8 Å². The van der Waals surface area contributed by atoms with Gasteiger partial charge in [0.15, 0.2) is 0 Å². The van der Waals surface area contributed by atoms with E-state index in [1.54, 1.807) is 36.5 Å². The maximum absolute atomic E-state index is 15.2. The van der Waals surface area contributed by atoms with Gasteiger partial charge in [0.05, 0.1) is 6.20 Å². The second-order valence-electron chi connectivity index (χ2n) is 8.37. The Morgan fingerprint density at radius 3 is 2.22 bits per heavy atom. The second-order valence-corrected chi connectivity index (χ2v) is 8.37. The highest BCUT2D eigenvalue weighted by atomic mass is 19.4. The summed E-state index contributed by atoms with van der Waals surface area (Å²) in [5.41, 5.74) is 3.40. The SMILES string of the molecule is C=CCOc1ccc(CCc2ccc3c(F)c(CCc4ccc(OC(F)(F)F)cc4)ccc3c2)nc1. The Bertz CT molecular complexity index is 1320. The second kappa shape index (κ2) is 11.2. The predicted octanol–water partition coefficient (Wildman–Crippen LogP) is 7.41. The van der Waals surface area contributed by atoms with Crippen LogP contribution in [0.2, 0.25) is 0 Å². The molecule has 4 aromatic rings. The number of rotatable bonds is 10. The molecule has 0 spiro atoms. The fraction of sp³-hybridized carbons (Fsp3) is 0.207. The number of ether oxygens (including phenoxy) is 2. The Morgan fingerprint density at radius 2 is 1.53 bits per heavy atom. The molecule has 0 aliphatic rings. The summed E-state index contributed by atoms with van der Waals surface area (Å²) >= 11 is 0. The summed E-state index contributed by atoms with van der Waals surface area (Å²) in [7, 11) is 0. The minimum absolute atomic E-state index is 0.271. The Morgan fingerprint density at radius 1 is 0.806 bits per heavy atom. The van der Waals surface area contributed by atoms with E-state index in [1.165, 1.54) is 12.1 Å². The minimum Gasteiger partial charge on any atom is -0.488 e. The van der Waals surface area contributed by atoms with Gasteiger partial charge in [-0.15, -0.1) is 13.2 Å². The smallest absolute Gasteiger partial charge is 0.488 e. The van der Waals surface area contributed by atoms with Crippen molar-refractivity contribution in [2.75, 3.05) is 6.61 Å². The van der Waals surface area contributed by atoms with E-state index in [2.05, 4.69) is 16.3 Å². The zero-order valence-electron chi connectivity index (χ0n) is 19.5. The van der Waals surface area contributed by atoms with Gasteiger partial charge in [-0.25, -0.2) is 4.39 Å². The molecule has 0 atom stereocenters. The monoisotopic (exact) mass is 495 g/mol. The lowest BCUT2D eigenvalue weighted by molar-refractivity contribution is -0.274. The summed E-state index contributed by atoms with van der Waals surface area (Å²) in [4.78, 5) is 4.42. The van der Waals surface area contributed by atoms with Gasteiger partial charge in [0.1, 0.15) is 23.9 Å². The molecule has 1 heterocycles. The van der Waals surface area contributed by atoms with Crippen molar-refractivity contribution in [3.8, 4) is 11.5 Å². The number of pyridine rings is 1. The molecule has 7 heteroatoms. The number of aromatic nitrogens is 1. The molecule has 0 radical (unpaired) electrons. The van der Waals surface area contributed by atoms with Gasteiger partial charge in [0, 0.05) is 11.1 Å². The van der Waals surface area contributed by atoms with Crippen molar-refractivity contribution in [1.82, 2.24) is 4.98 Å². The van der Waals surface area contributed by atoms with Gasteiger partial charge in [0.25, 0.3) is 0 Å². The molecule has 0 aliphatic carbocycles. The number of alkyl halides is 3. The average molecular weight is 496 g/mol. The number of aryl methyl sites for hydroxylation is 4. The third-order valence-corrected chi connectivity index (χ3v) is 5.77. The standard InChI is InChI=1S/C29H25F4NO2/c1-2-17-35-26-15-12-24(34-19-26)11-4-21-7-16-27-23(18-21)10-9-22(28(27)30)8-3-20-5-13-25(14-6-20)36-29(31,32)33/h2,5-7,9-10,12-16,18-19H,1,3-4,8,11,17H2. The van der Waals surface area contributed by atoms with Crippen LogP contribution in [-0.2, 0) is 25.7 Å². The summed E-state index contributed by atoms with van der Waals surface area (Å²) in [5.74, 6) is 0.153. The maximum Gasteiger partial charge on any atom is 0.573 e. The third kappa shape index (κ3) is 6.84. The van der Waals surface area contributed by atoms with Crippen molar-refractivity contribution >= 4 is 10.8 Å². The van der Waals surface area contributed by atoms with Crippen molar-refractivity contribution in [2.24, 2.45) is 0 Å². The first-order valence-corrected chi connectivity index (χ1v) is 11.5. The van der Waals surface area contributed by atoms with Crippen LogP contribution in [0.15, 0.2) is 85.6 Å². The number of hydrogen-bond donors (Lipinski definition) is 0. The highest BCUT2D eigenvalue weighted by molar-refractivity contribution is 5.84. The first-order chi connectivity index (χ1) is 17.3. The van der Waals surface area contributed by atoms with E-state index in [9.17, 15) is 13.2 Å². The normalized spacial score (nSPS) is 11.4. The summed E-state index contributed by atoms with van der Waals surface area (Å²) < 4.78 is 61.4. The van der Waals surface area contributed by atoms with Gasteiger partial charge in [-0.05, 0) is 72.0 Å². The third-order valence-electron chi connectivity index (χ3n) is 5.77. The topological polar surface area (TPSA) is 31.4 Å². The lowest BCUT2D eigenvalue weighted by Crippen LogP contribution is -2.17. The van der Waals surface area contributed by atoms with Gasteiger partial charge in [-0.1, -0.05) is 55.1 Å². The molecule has 3 nitrogen and oxygen atoms in total. The molecule has 0 N–H and O–H groups in total. The van der Waals surface area contributed by atoms with Crippen LogP contribution >= 0.6 is 0 Å². The lowest BCUT2D eigenvalue weighted by atomic mass is 9.98. The average Bonchev–Trinajstić information content (AvgIpc) is 2.86. The van der Waals surface area contributed by atoms with Crippen LogP contribution in [0.1, 0.15) is 22.4 Å². The van der Waals surface area contributed by atoms with E-state index in [1.807, 2.05) is 30.3 Å². The summed E-state index contributed by atoms with van der Waals surface area (Å²) in [6.45, 7) is 4.05. The minimum atomic E-state index is -4.72. The van der Waals surface area contributed by atoms with Gasteiger partial charge >= 0.3 is 6.36 Å². The first kappa shape index (κ1) is 25.2. The Kier molecular flexibility index (Phi) is 7.88. The van der Waals surface area contributed by atoms with E-state index in [0.29, 0.717) is 36.1 Å². The molecular formula is C29H25F4NO2. The summed E-state index contributed by atoms with van der Waals surface area (Å²) in [6, 6.07) is 18.9. The number of nitrogens with zero attached hydrogens (tertiary/aromatic N) is 1. The zero-order valence-corrected chi connectivity index (χ0v) is 19.5. The van der Waals surface area contributed by atoms with E-state index < -0.39 is 6.36 Å². The molecule has 3 aromatic carbocycles. The lowest BCUT2D eigenvalue weighted by Gasteiger charge is -2.10. The van der Waals surface area contributed by atoms with Gasteiger partial charge in [-0.2, -0.15) is 0 Å². The van der Waals surface area contributed by atoms with Crippen LogP contribution in [0.5, 0.6) is 11.5 Å². The van der Waals surface area contributed by atoms with Crippen molar-refractivity contribution in [3.63, 3.8) is 0 Å². The van der Waals surface area contributed by atoms with Gasteiger partial charge in [0.2, 0.25) is 0 Å². The Hall–Kier alpha value is -3.87. The molecule has 0 fully saturated rings. The molecule has 0 amide bonds. The van der Waals surface area contributed by atoms with Crippen LogP contribution < -0.4 is 9.47 Å². The van der Waals surface area contributed by atoms with Crippen LogP contribution in [0.3, 0.4) is 0 Å². The molecule has 36 heavy (non-hydrogen) atoms. The first-order valence-electron chi connectivity index (χ1n) is 11.5.